The molecule has 1 aliphatic heterocycles. The summed E-state index contributed by atoms with van der Waals surface area (Å²) in [6, 6.07) is 18.3. The Morgan fingerprint density at radius 2 is 1.89 bits per heavy atom. The minimum absolute atomic E-state index is 0.110. The number of amides is 1. The van der Waals surface area contributed by atoms with Crippen LogP contribution in [-0.2, 0) is 13.0 Å². The summed E-state index contributed by atoms with van der Waals surface area (Å²) in [4.78, 5) is 25.1. The van der Waals surface area contributed by atoms with Crippen LogP contribution in [0.1, 0.15) is 26.6 Å². The van der Waals surface area contributed by atoms with Crippen molar-refractivity contribution in [3.63, 3.8) is 0 Å². The van der Waals surface area contributed by atoms with E-state index < -0.39 is 0 Å². The Hall–Kier alpha value is -3.05. The van der Waals surface area contributed by atoms with E-state index in [1.807, 2.05) is 48.4 Å². The van der Waals surface area contributed by atoms with Crippen LogP contribution in [0.25, 0.3) is 21.3 Å². The molecule has 3 heterocycles. The predicted octanol–water partition coefficient (Wildman–Crippen LogP) is 4.87. The van der Waals surface area contributed by atoms with Crippen molar-refractivity contribution in [3.05, 3.63) is 82.6 Å². The molecule has 5 heteroatoms. The molecule has 0 spiro atoms. The SMILES string of the molecule is Cc1ncc(-c2cccc3c2CN(CCc2ccc4ccccc4n2)C3=O)s1. The maximum Gasteiger partial charge on any atom is 0.254 e. The van der Waals surface area contributed by atoms with Crippen LogP contribution in [0.2, 0.25) is 0 Å². The molecule has 0 saturated heterocycles. The number of thiazole rings is 1. The molecule has 0 aliphatic carbocycles. The van der Waals surface area contributed by atoms with E-state index in [-0.39, 0.29) is 5.91 Å². The number of hydrogen-bond donors (Lipinski definition) is 0. The molecule has 4 nitrogen and oxygen atoms in total. The monoisotopic (exact) mass is 385 g/mol. The summed E-state index contributed by atoms with van der Waals surface area (Å²) in [5.74, 6) is 0.110. The summed E-state index contributed by atoms with van der Waals surface area (Å²) in [6.45, 7) is 3.32. The third-order valence-electron chi connectivity index (χ3n) is 5.22. The van der Waals surface area contributed by atoms with Gasteiger partial charge in [0.05, 0.1) is 15.4 Å². The van der Waals surface area contributed by atoms with Gasteiger partial charge in [-0.05, 0) is 36.2 Å². The zero-order valence-electron chi connectivity index (χ0n) is 15.6. The van der Waals surface area contributed by atoms with Gasteiger partial charge in [-0.2, -0.15) is 0 Å². The summed E-state index contributed by atoms with van der Waals surface area (Å²) in [6.07, 6.45) is 2.65. The molecule has 4 aromatic rings. The smallest absolute Gasteiger partial charge is 0.254 e. The molecule has 0 radical (unpaired) electrons. The number of carbonyl (C=O) groups is 1. The number of benzene rings is 2. The third-order valence-corrected chi connectivity index (χ3v) is 6.17. The van der Waals surface area contributed by atoms with E-state index in [2.05, 4.69) is 29.2 Å². The quantitative estimate of drug-likeness (QED) is 0.504. The van der Waals surface area contributed by atoms with Gasteiger partial charge in [-0.15, -0.1) is 11.3 Å². The van der Waals surface area contributed by atoms with Gasteiger partial charge in [-0.25, -0.2) is 4.98 Å². The Balaban J connectivity index is 1.37. The maximum atomic E-state index is 12.9. The lowest BCUT2D eigenvalue weighted by Gasteiger charge is -2.15. The first-order chi connectivity index (χ1) is 13.7. The fraction of sp³-hybridized carbons (Fsp3) is 0.174. The Morgan fingerprint density at radius 3 is 2.75 bits per heavy atom. The number of rotatable bonds is 4. The van der Waals surface area contributed by atoms with Gasteiger partial charge in [0.25, 0.3) is 5.91 Å². The van der Waals surface area contributed by atoms with E-state index >= 15 is 0 Å². The van der Waals surface area contributed by atoms with E-state index in [0.717, 1.165) is 49.6 Å². The molecule has 0 atom stereocenters. The first-order valence-electron chi connectivity index (χ1n) is 9.38. The average Bonchev–Trinajstić information content (AvgIpc) is 3.29. The normalized spacial score (nSPS) is 13.3. The van der Waals surface area contributed by atoms with Crippen LogP contribution in [0.15, 0.2) is 60.8 Å². The van der Waals surface area contributed by atoms with Gasteiger partial charge < -0.3 is 4.90 Å². The molecule has 138 valence electrons. The van der Waals surface area contributed by atoms with Crippen LogP contribution in [0.3, 0.4) is 0 Å². The summed E-state index contributed by atoms with van der Waals surface area (Å²) in [7, 11) is 0. The highest BCUT2D eigenvalue weighted by atomic mass is 32.1. The second kappa shape index (κ2) is 6.84. The van der Waals surface area contributed by atoms with Gasteiger partial charge >= 0.3 is 0 Å². The van der Waals surface area contributed by atoms with Gasteiger partial charge in [0, 0.05) is 42.4 Å². The number of carbonyl (C=O) groups excluding carboxylic acids is 1. The Labute approximate surface area is 167 Å². The Morgan fingerprint density at radius 1 is 1.04 bits per heavy atom. The van der Waals surface area contributed by atoms with Crippen molar-refractivity contribution in [2.45, 2.75) is 19.9 Å². The zero-order chi connectivity index (χ0) is 19.1. The van der Waals surface area contributed by atoms with Crippen LogP contribution in [-0.4, -0.2) is 27.3 Å². The largest absolute Gasteiger partial charge is 0.334 e. The van der Waals surface area contributed by atoms with Crippen LogP contribution < -0.4 is 0 Å². The van der Waals surface area contributed by atoms with E-state index in [0.29, 0.717) is 13.1 Å². The fourth-order valence-electron chi connectivity index (χ4n) is 3.78. The average molecular weight is 385 g/mol. The number of aryl methyl sites for hydroxylation is 1. The second-order valence-corrected chi connectivity index (χ2v) is 8.28. The Bertz CT molecular complexity index is 1200. The summed E-state index contributed by atoms with van der Waals surface area (Å²) >= 11 is 1.67. The second-order valence-electron chi connectivity index (χ2n) is 7.05. The Kier molecular flexibility index (Phi) is 4.17. The fourth-order valence-corrected chi connectivity index (χ4v) is 4.62. The van der Waals surface area contributed by atoms with Gasteiger partial charge in [0.2, 0.25) is 0 Å². The number of fused-ring (bicyclic) bond motifs is 2. The standard InChI is InChI=1S/C23H19N3OS/c1-15-24-13-22(28-15)18-6-4-7-19-20(18)14-26(23(19)27)12-11-17-10-9-16-5-2-3-8-21(16)25-17/h2-10,13H,11-12,14H2,1H3. The van der Waals surface area contributed by atoms with Crippen molar-refractivity contribution < 1.29 is 4.79 Å². The summed E-state index contributed by atoms with van der Waals surface area (Å²) < 4.78 is 0. The van der Waals surface area contributed by atoms with Crippen molar-refractivity contribution in [2.24, 2.45) is 0 Å². The summed E-state index contributed by atoms with van der Waals surface area (Å²) in [5.41, 5.74) is 5.07. The molecule has 0 bridgehead atoms. The molecule has 1 aliphatic rings. The molecule has 0 saturated carbocycles. The van der Waals surface area contributed by atoms with Crippen LogP contribution in [0, 0.1) is 6.92 Å². The van der Waals surface area contributed by atoms with E-state index in [9.17, 15) is 4.79 Å². The summed E-state index contributed by atoms with van der Waals surface area (Å²) in [5, 5.41) is 2.18. The van der Waals surface area contributed by atoms with E-state index in [1.54, 1.807) is 11.3 Å². The minimum Gasteiger partial charge on any atom is -0.334 e. The predicted molar refractivity (Wildman–Crippen MR) is 112 cm³/mol. The zero-order valence-corrected chi connectivity index (χ0v) is 16.4. The molecule has 0 fully saturated rings. The van der Waals surface area contributed by atoms with Crippen molar-refractivity contribution in [3.8, 4) is 10.4 Å². The van der Waals surface area contributed by atoms with E-state index in [1.165, 1.54) is 0 Å². The van der Waals surface area contributed by atoms with Gasteiger partial charge in [-0.1, -0.05) is 36.4 Å². The van der Waals surface area contributed by atoms with Gasteiger partial charge in [0.15, 0.2) is 0 Å². The number of pyridine rings is 1. The van der Waals surface area contributed by atoms with Gasteiger partial charge in [-0.3, -0.25) is 9.78 Å². The lowest BCUT2D eigenvalue weighted by Crippen LogP contribution is -2.26. The first-order valence-corrected chi connectivity index (χ1v) is 10.2. The highest BCUT2D eigenvalue weighted by Crippen LogP contribution is 2.35. The van der Waals surface area contributed by atoms with Crippen molar-refractivity contribution >= 4 is 28.1 Å². The minimum atomic E-state index is 0.110. The number of para-hydroxylation sites is 1. The van der Waals surface area contributed by atoms with Crippen molar-refractivity contribution in [1.82, 2.24) is 14.9 Å². The molecular formula is C23H19N3OS. The number of hydrogen-bond acceptors (Lipinski definition) is 4. The molecule has 5 rings (SSSR count). The van der Waals surface area contributed by atoms with Crippen molar-refractivity contribution in [1.29, 1.82) is 0 Å². The highest BCUT2D eigenvalue weighted by molar-refractivity contribution is 7.15. The van der Waals surface area contributed by atoms with E-state index in [4.69, 9.17) is 4.98 Å². The third kappa shape index (κ3) is 2.98. The molecule has 28 heavy (non-hydrogen) atoms. The molecule has 0 unspecified atom stereocenters. The van der Waals surface area contributed by atoms with Crippen LogP contribution in [0.5, 0.6) is 0 Å². The molecule has 1 amide bonds. The lowest BCUT2D eigenvalue weighted by atomic mass is 10.0. The molecular weight excluding hydrogens is 366 g/mol. The highest BCUT2D eigenvalue weighted by Gasteiger charge is 2.29. The van der Waals surface area contributed by atoms with Crippen molar-refractivity contribution in [2.75, 3.05) is 6.54 Å². The molecule has 2 aromatic heterocycles. The number of aromatic nitrogens is 2. The maximum absolute atomic E-state index is 12.9. The lowest BCUT2D eigenvalue weighted by molar-refractivity contribution is 0.0780. The molecule has 0 N–H and O–H groups in total. The first kappa shape index (κ1) is 17.1. The number of nitrogens with zero attached hydrogens (tertiary/aromatic N) is 3. The molecule has 2 aromatic carbocycles. The topological polar surface area (TPSA) is 46.1 Å². The van der Waals surface area contributed by atoms with Gasteiger partial charge in [0.1, 0.15) is 0 Å². The van der Waals surface area contributed by atoms with Crippen LogP contribution in [0.4, 0.5) is 0 Å². The van der Waals surface area contributed by atoms with Crippen LogP contribution >= 0.6 is 11.3 Å².